The lowest BCUT2D eigenvalue weighted by Gasteiger charge is -2.34. The van der Waals surface area contributed by atoms with E-state index in [1.54, 1.807) is 0 Å². The van der Waals surface area contributed by atoms with Crippen LogP contribution in [-0.2, 0) is 9.47 Å². The van der Waals surface area contributed by atoms with Gasteiger partial charge < -0.3 is 24.8 Å². The van der Waals surface area contributed by atoms with E-state index in [0.717, 1.165) is 0 Å². The highest BCUT2D eigenvalue weighted by atomic mass is 16.6. The van der Waals surface area contributed by atoms with Crippen LogP contribution in [0.2, 0.25) is 0 Å². The molecule has 0 aromatic rings. The van der Waals surface area contributed by atoms with E-state index in [4.69, 9.17) is 14.6 Å². The number of hydrogen-bond acceptors (Lipinski definition) is 5. The summed E-state index contributed by atoms with van der Waals surface area (Å²) in [6.07, 6.45) is -3.53. The van der Waals surface area contributed by atoms with Crippen molar-refractivity contribution in [3.8, 4) is 0 Å². The molecule has 0 spiro atoms. The predicted octanol–water partition coefficient (Wildman–Crippen LogP) is -1.54. The Bertz CT molecular complexity index is 140. The SMILES string of the molecule is COC[C@H]1O[C@@H](O)C[C@@H](O)[C@H]1O. The zero-order valence-electron chi connectivity index (χ0n) is 6.88. The van der Waals surface area contributed by atoms with Crippen molar-refractivity contribution in [3.63, 3.8) is 0 Å². The Labute approximate surface area is 70.5 Å². The fraction of sp³-hybridized carbons (Fsp3) is 1.00. The molecule has 1 saturated heterocycles. The Hall–Kier alpha value is -0.200. The molecule has 0 aliphatic carbocycles. The lowest BCUT2D eigenvalue weighted by atomic mass is 10.0. The van der Waals surface area contributed by atoms with Crippen LogP contribution in [0, 0.1) is 0 Å². The average Bonchev–Trinajstić information content (AvgIpc) is 2.00. The standard InChI is InChI=1S/C7H14O5/c1-11-3-5-7(10)4(8)2-6(9)12-5/h4-10H,2-3H2,1H3/t4-,5-,6-,7-/m1/s1. The molecule has 0 unspecified atom stereocenters. The van der Waals surface area contributed by atoms with Gasteiger partial charge in [-0.1, -0.05) is 0 Å². The molecule has 1 fully saturated rings. The second-order valence-electron chi connectivity index (χ2n) is 2.88. The summed E-state index contributed by atoms with van der Waals surface area (Å²) in [6.45, 7) is 0.162. The Morgan fingerprint density at radius 1 is 1.42 bits per heavy atom. The summed E-state index contributed by atoms with van der Waals surface area (Å²) in [7, 11) is 1.46. The van der Waals surface area contributed by atoms with Crippen molar-refractivity contribution < 1.29 is 24.8 Å². The molecule has 4 atom stereocenters. The normalized spacial score (nSPS) is 43.0. The van der Waals surface area contributed by atoms with Gasteiger partial charge in [0.25, 0.3) is 0 Å². The van der Waals surface area contributed by atoms with Gasteiger partial charge in [-0.3, -0.25) is 0 Å². The smallest absolute Gasteiger partial charge is 0.157 e. The Morgan fingerprint density at radius 2 is 2.08 bits per heavy atom. The van der Waals surface area contributed by atoms with Crippen molar-refractivity contribution in [3.05, 3.63) is 0 Å². The largest absolute Gasteiger partial charge is 0.390 e. The van der Waals surface area contributed by atoms with Gasteiger partial charge in [0, 0.05) is 13.5 Å². The lowest BCUT2D eigenvalue weighted by molar-refractivity contribution is -0.241. The second kappa shape index (κ2) is 4.15. The highest BCUT2D eigenvalue weighted by Crippen LogP contribution is 2.18. The number of hydrogen-bond donors (Lipinski definition) is 3. The van der Waals surface area contributed by atoms with E-state index >= 15 is 0 Å². The minimum Gasteiger partial charge on any atom is -0.390 e. The van der Waals surface area contributed by atoms with Crippen LogP contribution < -0.4 is 0 Å². The fourth-order valence-corrected chi connectivity index (χ4v) is 1.23. The van der Waals surface area contributed by atoms with Crippen molar-refractivity contribution in [2.45, 2.75) is 31.0 Å². The molecular weight excluding hydrogens is 164 g/mol. The van der Waals surface area contributed by atoms with Crippen LogP contribution in [0.15, 0.2) is 0 Å². The van der Waals surface area contributed by atoms with Gasteiger partial charge in [0.1, 0.15) is 12.2 Å². The van der Waals surface area contributed by atoms with Crippen molar-refractivity contribution in [2.24, 2.45) is 0 Å². The van der Waals surface area contributed by atoms with Crippen molar-refractivity contribution in [1.82, 2.24) is 0 Å². The molecule has 0 saturated carbocycles. The molecule has 5 nitrogen and oxygen atoms in total. The zero-order chi connectivity index (χ0) is 9.14. The molecule has 0 bridgehead atoms. The van der Waals surface area contributed by atoms with E-state index in [9.17, 15) is 10.2 Å². The Morgan fingerprint density at radius 3 is 2.67 bits per heavy atom. The third kappa shape index (κ3) is 2.15. The molecule has 5 heteroatoms. The molecule has 1 aliphatic rings. The third-order valence-corrected chi connectivity index (χ3v) is 1.88. The van der Waals surface area contributed by atoms with E-state index < -0.39 is 24.6 Å². The topological polar surface area (TPSA) is 79.2 Å². The molecule has 3 N–H and O–H groups in total. The van der Waals surface area contributed by atoms with Gasteiger partial charge in [-0.05, 0) is 0 Å². The minimum absolute atomic E-state index is 0.0430. The Balaban J connectivity index is 2.47. The zero-order valence-corrected chi connectivity index (χ0v) is 6.88. The summed E-state index contributed by atoms with van der Waals surface area (Å²) < 4.78 is 9.67. The number of aliphatic hydroxyl groups is 3. The summed E-state index contributed by atoms with van der Waals surface area (Å²) in [5, 5.41) is 27.6. The Kier molecular flexibility index (Phi) is 3.42. The first-order valence-corrected chi connectivity index (χ1v) is 3.83. The predicted molar refractivity (Wildman–Crippen MR) is 39.4 cm³/mol. The number of rotatable bonds is 2. The average molecular weight is 178 g/mol. The van der Waals surface area contributed by atoms with Gasteiger partial charge in [-0.25, -0.2) is 0 Å². The summed E-state index contributed by atoms with van der Waals surface area (Å²) in [5.74, 6) is 0. The molecule has 1 aliphatic heterocycles. The van der Waals surface area contributed by atoms with Crippen LogP contribution >= 0.6 is 0 Å². The first kappa shape index (κ1) is 9.88. The third-order valence-electron chi connectivity index (χ3n) is 1.88. The minimum atomic E-state index is -1.01. The maximum absolute atomic E-state index is 9.32. The number of ether oxygens (including phenoxy) is 2. The molecule has 0 aromatic carbocycles. The van der Waals surface area contributed by atoms with Crippen molar-refractivity contribution in [2.75, 3.05) is 13.7 Å². The molecular formula is C7H14O5. The van der Waals surface area contributed by atoms with Gasteiger partial charge in [0.2, 0.25) is 0 Å². The molecule has 0 amide bonds. The first-order valence-electron chi connectivity index (χ1n) is 3.83. The first-order chi connectivity index (χ1) is 5.65. The molecule has 1 heterocycles. The van der Waals surface area contributed by atoms with Crippen LogP contribution in [0.4, 0.5) is 0 Å². The van der Waals surface area contributed by atoms with Crippen LogP contribution in [0.5, 0.6) is 0 Å². The fourth-order valence-electron chi connectivity index (χ4n) is 1.23. The van der Waals surface area contributed by atoms with Crippen molar-refractivity contribution >= 4 is 0 Å². The maximum atomic E-state index is 9.32. The van der Waals surface area contributed by atoms with Crippen molar-refractivity contribution in [1.29, 1.82) is 0 Å². The van der Waals surface area contributed by atoms with E-state index in [2.05, 4.69) is 0 Å². The summed E-state index contributed by atoms with van der Waals surface area (Å²) in [6, 6.07) is 0. The second-order valence-corrected chi connectivity index (χ2v) is 2.88. The van der Waals surface area contributed by atoms with E-state index in [1.807, 2.05) is 0 Å². The lowest BCUT2D eigenvalue weighted by Crippen LogP contribution is -2.50. The van der Waals surface area contributed by atoms with Crippen LogP contribution in [-0.4, -0.2) is 53.6 Å². The van der Waals surface area contributed by atoms with Gasteiger partial charge in [-0.2, -0.15) is 0 Å². The summed E-state index contributed by atoms with van der Waals surface area (Å²) >= 11 is 0. The van der Waals surface area contributed by atoms with E-state index in [-0.39, 0.29) is 13.0 Å². The van der Waals surface area contributed by atoms with E-state index in [1.165, 1.54) is 7.11 Å². The highest BCUT2D eigenvalue weighted by molar-refractivity contribution is 4.81. The number of aliphatic hydroxyl groups excluding tert-OH is 3. The molecule has 72 valence electrons. The van der Waals surface area contributed by atoms with Crippen LogP contribution in [0.1, 0.15) is 6.42 Å². The van der Waals surface area contributed by atoms with Crippen LogP contribution in [0.3, 0.4) is 0 Å². The molecule has 0 radical (unpaired) electrons. The quantitative estimate of drug-likeness (QED) is 0.477. The summed E-state index contributed by atoms with van der Waals surface area (Å²) in [5.41, 5.74) is 0. The summed E-state index contributed by atoms with van der Waals surface area (Å²) in [4.78, 5) is 0. The molecule has 1 rings (SSSR count). The molecule has 12 heavy (non-hydrogen) atoms. The van der Waals surface area contributed by atoms with Gasteiger partial charge >= 0.3 is 0 Å². The van der Waals surface area contributed by atoms with Gasteiger partial charge in [-0.15, -0.1) is 0 Å². The molecule has 0 aromatic heterocycles. The van der Waals surface area contributed by atoms with Gasteiger partial charge in [0.15, 0.2) is 6.29 Å². The van der Waals surface area contributed by atoms with Gasteiger partial charge in [0.05, 0.1) is 12.7 Å². The van der Waals surface area contributed by atoms with E-state index in [0.29, 0.717) is 0 Å². The van der Waals surface area contributed by atoms with Crippen LogP contribution in [0.25, 0.3) is 0 Å². The monoisotopic (exact) mass is 178 g/mol. The highest BCUT2D eigenvalue weighted by Gasteiger charge is 2.35. The number of methoxy groups -OCH3 is 1. The maximum Gasteiger partial charge on any atom is 0.157 e.